The van der Waals surface area contributed by atoms with Gasteiger partial charge in [0, 0.05) is 0 Å². The number of hydrogen-bond acceptors (Lipinski definition) is 2. The molecule has 0 aromatic heterocycles. The van der Waals surface area contributed by atoms with Crippen LogP contribution in [0.1, 0.15) is 27.7 Å². The van der Waals surface area contributed by atoms with Crippen LogP contribution in [0, 0.1) is 0 Å². The molecule has 0 saturated heterocycles. The van der Waals surface area contributed by atoms with Crippen molar-refractivity contribution in [2.24, 2.45) is 21.0 Å². The molecule has 0 saturated carbocycles. The van der Waals surface area contributed by atoms with Gasteiger partial charge in [-0.2, -0.15) is 0 Å². The second kappa shape index (κ2) is 10.5. The van der Waals surface area contributed by atoms with Gasteiger partial charge in [-0.25, -0.2) is 0 Å². The van der Waals surface area contributed by atoms with Gasteiger partial charge in [0.15, 0.2) is 0 Å². The van der Waals surface area contributed by atoms with Crippen molar-refractivity contribution in [1.29, 1.82) is 0 Å². The Kier molecular flexibility index (Phi) is 10.9. The summed E-state index contributed by atoms with van der Waals surface area (Å²) in [6, 6.07) is 0. The molecule has 0 radical (unpaired) electrons. The molecule has 0 aromatic carbocycles. The second-order valence-electron chi connectivity index (χ2n) is 3.26. The molecule has 7 heteroatoms. The molecule has 0 aliphatic heterocycles. The van der Waals surface area contributed by atoms with Crippen molar-refractivity contribution in [3.8, 4) is 0 Å². The van der Waals surface area contributed by atoms with Crippen LogP contribution in [0.5, 0.6) is 0 Å². The van der Waals surface area contributed by atoms with Crippen molar-refractivity contribution >= 4 is 44.8 Å². The van der Waals surface area contributed by atoms with Gasteiger partial charge in [0.25, 0.3) is 0 Å². The molecule has 0 aliphatic rings. The van der Waals surface area contributed by atoms with Crippen LogP contribution in [-0.2, 0) is 0 Å². The molecule has 0 aliphatic carbocycles. The van der Waals surface area contributed by atoms with E-state index in [1.54, 1.807) is 0 Å². The minimum absolute atomic E-state index is 0.264. The van der Waals surface area contributed by atoms with Crippen molar-refractivity contribution < 1.29 is 0 Å². The molecular weight excluding hydrogens is 366 g/mol. The van der Waals surface area contributed by atoms with E-state index >= 15 is 0 Å². The first-order valence-electron chi connectivity index (χ1n) is 5.93. The SMILES string of the molecule is CCP(CC)/N=C(/N)[Te]/C(N)=N/P(CC)CC. The number of rotatable bonds is 8. The van der Waals surface area contributed by atoms with E-state index in [4.69, 9.17) is 11.5 Å². The van der Waals surface area contributed by atoms with Crippen LogP contribution in [0.25, 0.3) is 0 Å². The van der Waals surface area contributed by atoms with Gasteiger partial charge in [0.2, 0.25) is 0 Å². The summed E-state index contributed by atoms with van der Waals surface area (Å²) in [6.45, 7) is 8.66. The predicted octanol–water partition coefficient (Wildman–Crippen LogP) is 2.19. The van der Waals surface area contributed by atoms with Crippen LogP contribution < -0.4 is 11.5 Å². The molecule has 0 amide bonds. The molecule has 0 bridgehead atoms. The Labute approximate surface area is 118 Å². The maximum absolute atomic E-state index is 5.96. The third kappa shape index (κ3) is 8.33. The number of hydrogen-bond donors (Lipinski definition) is 2. The fourth-order valence-corrected chi connectivity index (χ4v) is 6.54. The number of nitrogens with zero attached hydrogens (tertiary/aromatic N) is 2. The van der Waals surface area contributed by atoms with Crippen LogP contribution in [0.4, 0.5) is 0 Å². The third-order valence-electron chi connectivity index (χ3n) is 2.15. The van der Waals surface area contributed by atoms with Gasteiger partial charge in [0.05, 0.1) is 0 Å². The Morgan fingerprint density at radius 2 is 1.12 bits per heavy atom. The van der Waals surface area contributed by atoms with Crippen molar-refractivity contribution in [1.82, 2.24) is 0 Å². The first-order chi connectivity index (χ1) is 8.07. The zero-order chi connectivity index (χ0) is 13.3. The van der Waals surface area contributed by atoms with Crippen molar-refractivity contribution in [2.45, 2.75) is 27.7 Å². The maximum atomic E-state index is 5.96. The van der Waals surface area contributed by atoms with Gasteiger partial charge in [-0.15, -0.1) is 0 Å². The topological polar surface area (TPSA) is 76.8 Å². The molecule has 0 rings (SSSR count). The van der Waals surface area contributed by atoms with Gasteiger partial charge in [0.1, 0.15) is 0 Å². The Bertz CT molecular complexity index is 237. The first kappa shape index (κ1) is 17.6. The fourth-order valence-electron chi connectivity index (χ4n) is 1.16. The Morgan fingerprint density at radius 1 is 0.824 bits per heavy atom. The summed E-state index contributed by atoms with van der Waals surface area (Å²) < 4.78 is 10.7. The van der Waals surface area contributed by atoms with Gasteiger partial charge < -0.3 is 0 Å². The van der Waals surface area contributed by atoms with E-state index in [-0.39, 0.29) is 16.1 Å². The van der Waals surface area contributed by atoms with Crippen molar-refractivity contribution in [3.63, 3.8) is 0 Å². The minimum atomic E-state index is -0.692. The molecule has 0 spiro atoms. The summed E-state index contributed by atoms with van der Waals surface area (Å²) in [5.74, 6) is 0. The molecule has 0 unspecified atom stereocenters. The zero-order valence-corrected chi connectivity index (χ0v) is 15.3. The van der Waals surface area contributed by atoms with Crippen LogP contribution in [-0.4, -0.2) is 53.3 Å². The van der Waals surface area contributed by atoms with Crippen LogP contribution in [0.2, 0.25) is 0 Å². The third-order valence-corrected chi connectivity index (χ3v) is 8.62. The predicted molar refractivity (Wildman–Crippen MR) is 85.0 cm³/mol. The van der Waals surface area contributed by atoms with E-state index in [9.17, 15) is 0 Å². The molecule has 0 heterocycles. The van der Waals surface area contributed by atoms with Crippen LogP contribution in [0.15, 0.2) is 9.53 Å². The van der Waals surface area contributed by atoms with E-state index < -0.39 is 20.9 Å². The quantitative estimate of drug-likeness (QED) is 0.289. The van der Waals surface area contributed by atoms with E-state index in [2.05, 4.69) is 37.2 Å². The Hall–Kier alpha value is 0.590. The molecule has 0 fully saturated rings. The average molecular weight is 390 g/mol. The average Bonchev–Trinajstić information content (AvgIpc) is 2.32. The molecule has 17 heavy (non-hydrogen) atoms. The van der Waals surface area contributed by atoms with E-state index in [0.29, 0.717) is 0 Å². The molecule has 4 N–H and O–H groups in total. The molecule has 0 atom stereocenters. The monoisotopic (exact) mass is 392 g/mol. The summed E-state index contributed by atoms with van der Waals surface area (Å²) in [5.41, 5.74) is 11.9. The molecule has 4 nitrogen and oxygen atoms in total. The van der Waals surface area contributed by atoms with E-state index in [1.807, 2.05) is 0 Å². The number of nitrogens with two attached hydrogens (primary N) is 2. The van der Waals surface area contributed by atoms with E-state index in [0.717, 1.165) is 32.4 Å². The molecule has 0 aromatic rings. The molecular formula is C10H24N4P2Te. The van der Waals surface area contributed by atoms with Crippen LogP contribution in [0.3, 0.4) is 0 Å². The van der Waals surface area contributed by atoms with Gasteiger partial charge in [-0.05, 0) is 0 Å². The summed E-state index contributed by atoms with van der Waals surface area (Å²) in [7, 11) is -0.527. The van der Waals surface area contributed by atoms with Crippen LogP contribution >= 0.6 is 16.1 Å². The normalized spacial score (nSPS) is 13.8. The van der Waals surface area contributed by atoms with Crippen molar-refractivity contribution in [2.75, 3.05) is 24.6 Å². The van der Waals surface area contributed by atoms with E-state index in [1.165, 1.54) is 0 Å². The standard InChI is InChI=1S/C10H24N4P2Te/c1-5-15(6-2)13-9(11)17-10(12)14-16(7-3)8-4/h5-8H2,1-4H3,(H2,11,13)(H2,12,14). The Morgan fingerprint density at radius 3 is 1.35 bits per heavy atom. The van der Waals surface area contributed by atoms with Gasteiger partial charge in [-0.3, -0.25) is 0 Å². The second-order valence-corrected chi connectivity index (χ2v) is 11.2. The van der Waals surface area contributed by atoms with Gasteiger partial charge >= 0.3 is 118 Å². The summed E-state index contributed by atoms with van der Waals surface area (Å²) in [4.78, 5) is 0. The summed E-state index contributed by atoms with van der Waals surface area (Å²) in [5, 5.41) is 0. The number of amidine groups is 2. The summed E-state index contributed by atoms with van der Waals surface area (Å²) >= 11 is -0.692. The zero-order valence-electron chi connectivity index (χ0n) is 11.2. The van der Waals surface area contributed by atoms with Gasteiger partial charge in [-0.1, -0.05) is 0 Å². The fraction of sp³-hybridized carbons (Fsp3) is 0.800. The molecule has 100 valence electrons. The van der Waals surface area contributed by atoms with Crippen molar-refractivity contribution in [3.05, 3.63) is 0 Å². The Balaban J connectivity index is 4.41. The summed E-state index contributed by atoms with van der Waals surface area (Å²) in [6.07, 6.45) is 4.42. The first-order valence-corrected chi connectivity index (χ1v) is 11.6.